The highest BCUT2D eigenvalue weighted by Gasteiger charge is 2.17. The van der Waals surface area contributed by atoms with Crippen LogP contribution >= 0.6 is 0 Å². The van der Waals surface area contributed by atoms with Crippen molar-refractivity contribution in [2.24, 2.45) is 0 Å². The highest BCUT2D eigenvalue weighted by atomic mass is 15.2. The minimum atomic E-state index is 0.473. The third-order valence-electron chi connectivity index (χ3n) is 2.80. The zero-order valence-electron chi connectivity index (χ0n) is 9.11. The molecule has 1 fully saturated rings. The van der Waals surface area contributed by atoms with Gasteiger partial charge in [-0.2, -0.15) is 0 Å². The number of likely N-dealkylation sites (tertiary alicyclic amines) is 1. The number of piperidine rings is 1. The normalized spacial score (nSPS) is 22.6. The first kappa shape index (κ1) is 10.2. The number of anilines is 2. The van der Waals surface area contributed by atoms with Gasteiger partial charge in [-0.1, -0.05) is 0 Å². The van der Waals surface area contributed by atoms with Gasteiger partial charge < -0.3 is 16.0 Å². The quantitative estimate of drug-likeness (QED) is 0.762. The van der Waals surface area contributed by atoms with Crippen molar-refractivity contribution in [1.29, 1.82) is 0 Å². The van der Waals surface area contributed by atoms with Gasteiger partial charge in [0.1, 0.15) is 5.82 Å². The van der Waals surface area contributed by atoms with Crippen molar-refractivity contribution in [2.45, 2.75) is 18.9 Å². The van der Waals surface area contributed by atoms with E-state index in [0.29, 0.717) is 6.04 Å². The minimum Gasteiger partial charge on any atom is -0.396 e. The Hall–Kier alpha value is -1.29. The zero-order valence-corrected chi connectivity index (χ0v) is 9.11. The summed E-state index contributed by atoms with van der Waals surface area (Å²) >= 11 is 0. The van der Waals surface area contributed by atoms with Crippen LogP contribution in [-0.4, -0.2) is 36.1 Å². The molecule has 2 rings (SSSR count). The SMILES string of the molecule is CN1CCCC(Nc2ncccc2N)C1. The Balaban J connectivity index is 1.99. The van der Waals surface area contributed by atoms with E-state index in [0.717, 1.165) is 18.1 Å². The Kier molecular flexibility index (Phi) is 3.06. The summed E-state index contributed by atoms with van der Waals surface area (Å²) in [4.78, 5) is 6.58. The smallest absolute Gasteiger partial charge is 0.149 e. The maximum Gasteiger partial charge on any atom is 0.149 e. The van der Waals surface area contributed by atoms with Crippen LogP contribution in [0.2, 0.25) is 0 Å². The number of nitrogens with zero attached hydrogens (tertiary/aromatic N) is 2. The van der Waals surface area contributed by atoms with E-state index < -0.39 is 0 Å². The topological polar surface area (TPSA) is 54.2 Å². The van der Waals surface area contributed by atoms with Gasteiger partial charge in [-0.15, -0.1) is 0 Å². The second kappa shape index (κ2) is 4.49. The van der Waals surface area contributed by atoms with Crippen LogP contribution in [0.4, 0.5) is 11.5 Å². The molecule has 1 unspecified atom stereocenters. The molecule has 4 nitrogen and oxygen atoms in total. The molecule has 0 bridgehead atoms. The fourth-order valence-corrected chi connectivity index (χ4v) is 2.02. The molecular weight excluding hydrogens is 188 g/mol. The Labute approximate surface area is 90.5 Å². The lowest BCUT2D eigenvalue weighted by Gasteiger charge is -2.30. The monoisotopic (exact) mass is 206 g/mol. The molecule has 1 aromatic heterocycles. The van der Waals surface area contributed by atoms with Crippen LogP contribution in [0.1, 0.15) is 12.8 Å². The Morgan fingerprint density at radius 1 is 1.60 bits per heavy atom. The molecule has 15 heavy (non-hydrogen) atoms. The van der Waals surface area contributed by atoms with Crippen molar-refractivity contribution in [1.82, 2.24) is 9.88 Å². The maximum atomic E-state index is 5.83. The van der Waals surface area contributed by atoms with Gasteiger partial charge in [-0.3, -0.25) is 0 Å². The summed E-state index contributed by atoms with van der Waals surface area (Å²) in [6, 6.07) is 4.20. The van der Waals surface area contributed by atoms with Crippen molar-refractivity contribution in [3.05, 3.63) is 18.3 Å². The average Bonchev–Trinajstić information content (AvgIpc) is 2.22. The van der Waals surface area contributed by atoms with Gasteiger partial charge in [-0.25, -0.2) is 4.98 Å². The van der Waals surface area contributed by atoms with E-state index in [1.165, 1.54) is 19.4 Å². The summed E-state index contributed by atoms with van der Waals surface area (Å²) in [5.41, 5.74) is 6.56. The summed E-state index contributed by atoms with van der Waals surface area (Å²) in [7, 11) is 2.15. The standard InChI is InChI=1S/C11H18N4/c1-15-7-3-4-9(8-15)14-11-10(12)5-2-6-13-11/h2,5-6,9H,3-4,7-8,12H2,1H3,(H,13,14). The van der Waals surface area contributed by atoms with Crippen LogP contribution in [0.3, 0.4) is 0 Å². The molecule has 0 amide bonds. The third-order valence-corrected chi connectivity index (χ3v) is 2.80. The third kappa shape index (κ3) is 2.59. The summed E-state index contributed by atoms with van der Waals surface area (Å²) in [5, 5.41) is 3.40. The molecule has 1 aliphatic rings. The van der Waals surface area contributed by atoms with E-state index in [2.05, 4.69) is 22.2 Å². The maximum absolute atomic E-state index is 5.83. The Morgan fingerprint density at radius 2 is 2.47 bits per heavy atom. The molecule has 82 valence electrons. The van der Waals surface area contributed by atoms with E-state index in [9.17, 15) is 0 Å². The fourth-order valence-electron chi connectivity index (χ4n) is 2.02. The number of hydrogen-bond donors (Lipinski definition) is 2. The van der Waals surface area contributed by atoms with Crippen LogP contribution < -0.4 is 11.1 Å². The summed E-state index contributed by atoms with van der Waals surface area (Å²) in [6.07, 6.45) is 4.20. The average molecular weight is 206 g/mol. The second-order valence-electron chi connectivity index (χ2n) is 4.19. The lowest BCUT2D eigenvalue weighted by Crippen LogP contribution is -2.40. The molecule has 1 saturated heterocycles. The van der Waals surface area contributed by atoms with Gasteiger partial charge in [0.25, 0.3) is 0 Å². The molecule has 4 heteroatoms. The first-order valence-corrected chi connectivity index (χ1v) is 5.41. The van der Waals surface area contributed by atoms with Crippen molar-refractivity contribution >= 4 is 11.5 Å². The van der Waals surface area contributed by atoms with Crippen molar-refractivity contribution in [3.8, 4) is 0 Å². The van der Waals surface area contributed by atoms with E-state index >= 15 is 0 Å². The first-order chi connectivity index (χ1) is 7.25. The molecule has 1 aliphatic heterocycles. The molecule has 1 atom stereocenters. The van der Waals surface area contributed by atoms with Crippen molar-refractivity contribution in [3.63, 3.8) is 0 Å². The molecule has 2 heterocycles. The minimum absolute atomic E-state index is 0.473. The molecule has 0 saturated carbocycles. The van der Waals surface area contributed by atoms with E-state index in [4.69, 9.17) is 5.73 Å². The number of nitrogens with two attached hydrogens (primary N) is 1. The van der Waals surface area contributed by atoms with Gasteiger partial charge in [0, 0.05) is 18.8 Å². The number of rotatable bonds is 2. The largest absolute Gasteiger partial charge is 0.396 e. The van der Waals surface area contributed by atoms with Gasteiger partial charge in [0.15, 0.2) is 0 Å². The van der Waals surface area contributed by atoms with Crippen LogP contribution in [0.15, 0.2) is 18.3 Å². The number of hydrogen-bond acceptors (Lipinski definition) is 4. The number of pyridine rings is 1. The van der Waals surface area contributed by atoms with Gasteiger partial charge in [-0.05, 0) is 38.6 Å². The van der Waals surface area contributed by atoms with Crippen molar-refractivity contribution in [2.75, 3.05) is 31.2 Å². The van der Waals surface area contributed by atoms with Gasteiger partial charge in [0.2, 0.25) is 0 Å². The zero-order chi connectivity index (χ0) is 10.7. The Morgan fingerprint density at radius 3 is 3.20 bits per heavy atom. The van der Waals surface area contributed by atoms with E-state index in [1.54, 1.807) is 6.20 Å². The van der Waals surface area contributed by atoms with Crippen LogP contribution in [0.25, 0.3) is 0 Å². The molecule has 0 aliphatic carbocycles. The highest BCUT2D eigenvalue weighted by Crippen LogP contribution is 2.18. The van der Waals surface area contributed by atoms with Gasteiger partial charge >= 0.3 is 0 Å². The predicted molar refractivity (Wildman–Crippen MR) is 62.8 cm³/mol. The molecule has 3 N–H and O–H groups in total. The number of likely N-dealkylation sites (N-methyl/N-ethyl adjacent to an activating group) is 1. The molecule has 0 radical (unpaired) electrons. The van der Waals surface area contributed by atoms with Crippen LogP contribution in [-0.2, 0) is 0 Å². The second-order valence-corrected chi connectivity index (χ2v) is 4.19. The summed E-state index contributed by atoms with van der Waals surface area (Å²) in [6.45, 7) is 2.26. The lowest BCUT2D eigenvalue weighted by molar-refractivity contribution is 0.261. The molecule has 0 aromatic carbocycles. The van der Waals surface area contributed by atoms with Crippen LogP contribution in [0.5, 0.6) is 0 Å². The van der Waals surface area contributed by atoms with Crippen LogP contribution in [0, 0.1) is 0 Å². The number of nitrogen functional groups attached to an aromatic ring is 1. The highest BCUT2D eigenvalue weighted by molar-refractivity contribution is 5.60. The molecule has 1 aromatic rings. The Bertz CT molecular complexity index is 326. The number of aromatic nitrogens is 1. The fraction of sp³-hybridized carbons (Fsp3) is 0.545. The van der Waals surface area contributed by atoms with Crippen molar-refractivity contribution < 1.29 is 0 Å². The molecular formula is C11H18N4. The van der Waals surface area contributed by atoms with E-state index in [-0.39, 0.29) is 0 Å². The molecule has 0 spiro atoms. The first-order valence-electron chi connectivity index (χ1n) is 5.41. The summed E-state index contributed by atoms with van der Waals surface area (Å²) in [5.74, 6) is 0.817. The predicted octanol–water partition coefficient (Wildman–Crippen LogP) is 1.17. The number of nitrogens with one attached hydrogen (secondary N) is 1. The lowest BCUT2D eigenvalue weighted by atomic mass is 10.1. The van der Waals surface area contributed by atoms with Gasteiger partial charge in [0.05, 0.1) is 5.69 Å². The summed E-state index contributed by atoms with van der Waals surface area (Å²) < 4.78 is 0. The van der Waals surface area contributed by atoms with E-state index in [1.807, 2.05) is 12.1 Å².